The highest BCUT2D eigenvalue weighted by atomic mass is 16.5. The molecular formula is C14H23NO2. The summed E-state index contributed by atoms with van der Waals surface area (Å²) in [4.78, 5) is 0. The number of benzene rings is 1. The Kier molecular flexibility index (Phi) is 5.84. The fourth-order valence-corrected chi connectivity index (χ4v) is 2.11. The van der Waals surface area contributed by atoms with Crippen molar-refractivity contribution < 1.29 is 9.47 Å². The van der Waals surface area contributed by atoms with Crippen molar-refractivity contribution >= 4 is 0 Å². The molecule has 1 rings (SSSR count). The molecule has 1 aromatic carbocycles. The Morgan fingerprint density at radius 3 is 2.12 bits per heavy atom. The topological polar surface area (TPSA) is 30.5 Å². The Morgan fingerprint density at radius 1 is 1.12 bits per heavy atom. The van der Waals surface area contributed by atoms with Crippen molar-refractivity contribution in [1.82, 2.24) is 5.32 Å². The zero-order valence-corrected chi connectivity index (χ0v) is 11.2. The number of nitrogens with one attached hydrogen (secondary N) is 1. The third-order valence-electron chi connectivity index (χ3n) is 2.84. The zero-order valence-electron chi connectivity index (χ0n) is 11.2. The minimum atomic E-state index is 0.288. The number of methoxy groups -OCH3 is 2. The van der Waals surface area contributed by atoms with Crippen LogP contribution in [-0.4, -0.2) is 20.8 Å². The van der Waals surface area contributed by atoms with E-state index in [2.05, 4.69) is 19.2 Å². The van der Waals surface area contributed by atoms with E-state index in [1.165, 1.54) is 0 Å². The first kappa shape index (κ1) is 13.8. The summed E-state index contributed by atoms with van der Waals surface area (Å²) in [6.45, 7) is 5.24. The summed E-state index contributed by atoms with van der Waals surface area (Å²) in [6.07, 6.45) is 2.20. The van der Waals surface area contributed by atoms with Crippen LogP contribution in [0.4, 0.5) is 0 Å². The van der Waals surface area contributed by atoms with Gasteiger partial charge in [-0.05, 0) is 25.1 Å². The largest absolute Gasteiger partial charge is 0.496 e. The summed E-state index contributed by atoms with van der Waals surface area (Å²) in [7, 11) is 3.40. The van der Waals surface area contributed by atoms with Crippen molar-refractivity contribution in [2.75, 3.05) is 20.8 Å². The Balaban J connectivity index is 3.12. The van der Waals surface area contributed by atoms with Gasteiger partial charge < -0.3 is 14.8 Å². The van der Waals surface area contributed by atoms with Gasteiger partial charge in [0.05, 0.1) is 19.8 Å². The first-order valence-electron chi connectivity index (χ1n) is 6.22. The van der Waals surface area contributed by atoms with Crippen LogP contribution in [0.3, 0.4) is 0 Å². The third kappa shape index (κ3) is 3.37. The van der Waals surface area contributed by atoms with Crippen molar-refractivity contribution in [3.63, 3.8) is 0 Å². The fourth-order valence-electron chi connectivity index (χ4n) is 2.11. The molecular weight excluding hydrogens is 214 g/mol. The van der Waals surface area contributed by atoms with Crippen molar-refractivity contribution in [2.24, 2.45) is 0 Å². The second-order valence-corrected chi connectivity index (χ2v) is 3.98. The molecule has 0 bridgehead atoms. The van der Waals surface area contributed by atoms with Crippen LogP contribution >= 0.6 is 0 Å². The summed E-state index contributed by atoms with van der Waals surface area (Å²) in [5.74, 6) is 1.78. The molecule has 96 valence electrons. The molecule has 3 nitrogen and oxygen atoms in total. The van der Waals surface area contributed by atoms with E-state index in [9.17, 15) is 0 Å². The molecule has 0 spiro atoms. The predicted molar refractivity (Wildman–Crippen MR) is 70.9 cm³/mol. The lowest BCUT2D eigenvalue weighted by Gasteiger charge is -2.22. The van der Waals surface area contributed by atoms with Gasteiger partial charge in [-0.25, -0.2) is 0 Å². The van der Waals surface area contributed by atoms with E-state index in [-0.39, 0.29) is 6.04 Å². The lowest BCUT2D eigenvalue weighted by molar-refractivity contribution is 0.366. The Morgan fingerprint density at radius 2 is 1.71 bits per heavy atom. The minimum absolute atomic E-state index is 0.288. The van der Waals surface area contributed by atoms with Crippen LogP contribution in [0.5, 0.6) is 11.5 Å². The summed E-state index contributed by atoms with van der Waals surface area (Å²) < 4.78 is 10.9. The molecule has 0 saturated heterocycles. The minimum Gasteiger partial charge on any atom is -0.496 e. The molecule has 0 aliphatic rings. The molecule has 0 amide bonds. The summed E-state index contributed by atoms with van der Waals surface area (Å²) in [5.41, 5.74) is 1.13. The van der Waals surface area contributed by atoms with Crippen LogP contribution < -0.4 is 14.8 Å². The van der Waals surface area contributed by atoms with Crippen LogP contribution in [0, 0.1) is 0 Å². The van der Waals surface area contributed by atoms with Gasteiger partial charge in [0, 0.05) is 6.04 Å². The lowest BCUT2D eigenvalue weighted by Crippen LogP contribution is -2.22. The molecule has 1 aromatic rings. The summed E-state index contributed by atoms with van der Waals surface area (Å²) in [5, 5.41) is 3.49. The molecule has 1 unspecified atom stereocenters. The average Bonchev–Trinajstić information content (AvgIpc) is 2.37. The smallest absolute Gasteiger partial charge is 0.127 e. The summed E-state index contributed by atoms with van der Waals surface area (Å²) >= 11 is 0. The van der Waals surface area contributed by atoms with E-state index >= 15 is 0 Å². The molecule has 0 fully saturated rings. The highest BCUT2D eigenvalue weighted by molar-refractivity contribution is 5.47. The zero-order chi connectivity index (χ0) is 12.7. The van der Waals surface area contributed by atoms with Crippen LogP contribution in [0.25, 0.3) is 0 Å². The molecule has 1 N–H and O–H groups in total. The Labute approximate surface area is 104 Å². The van der Waals surface area contributed by atoms with Crippen LogP contribution in [0.1, 0.15) is 38.3 Å². The fraction of sp³-hybridized carbons (Fsp3) is 0.571. The van der Waals surface area contributed by atoms with E-state index in [1.807, 2.05) is 18.2 Å². The van der Waals surface area contributed by atoms with E-state index < -0.39 is 0 Å². The molecule has 3 heteroatoms. The molecule has 0 aliphatic carbocycles. The predicted octanol–water partition coefficient (Wildman–Crippen LogP) is 3.15. The molecule has 0 radical (unpaired) electrons. The third-order valence-corrected chi connectivity index (χ3v) is 2.84. The van der Waals surface area contributed by atoms with Gasteiger partial charge in [-0.15, -0.1) is 0 Å². The van der Waals surface area contributed by atoms with Crippen LogP contribution in [0.15, 0.2) is 18.2 Å². The van der Waals surface area contributed by atoms with Gasteiger partial charge in [-0.3, -0.25) is 0 Å². The van der Waals surface area contributed by atoms with Gasteiger partial charge >= 0.3 is 0 Å². The second-order valence-electron chi connectivity index (χ2n) is 3.98. The first-order chi connectivity index (χ1) is 8.28. The van der Waals surface area contributed by atoms with Gasteiger partial charge in [0.15, 0.2) is 0 Å². The van der Waals surface area contributed by atoms with Gasteiger partial charge in [0.2, 0.25) is 0 Å². The second kappa shape index (κ2) is 7.17. The van der Waals surface area contributed by atoms with Crippen LogP contribution in [-0.2, 0) is 0 Å². The number of rotatable bonds is 7. The maximum Gasteiger partial charge on any atom is 0.127 e. The SMILES string of the molecule is CCCC(NCC)c1c(OC)cccc1OC. The van der Waals surface area contributed by atoms with E-state index in [4.69, 9.17) is 9.47 Å². The van der Waals surface area contributed by atoms with E-state index in [1.54, 1.807) is 14.2 Å². The molecule has 0 heterocycles. The summed E-state index contributed by atoms with van der Waals surface area (Å²) in [6, 6.07) is 6.21. The molecule has 0 aliphatic heterocycles. The average molecular weight is 237 g/mol. The van der Waals surface area contributed by atoms with Gasteiger partial charge in [-0.2, -0.15) is 0 Å². The molecule has 0 aromatic heterocycles. The highest BCUT2D eigenvalue weighted by Gasteiger charge is 2.19. The lowest BCUT2D eigenvalue weighted by atomic mass is 10.00. The normalized spacial score (nSPS) is 12.2. The van der Waals surface area contributed by atoms with Crippen molar-refractivity contribution in [3.8, 4) is 11.5 Å². The van der Waals surface area contributed by atoms with Crippen molar-refractivity contribution in [2.45, 2.75) is 32.7 Å². The Hall–Kier alpha value is -1.22. The highest BCUT2D eigenvalue weighted by Crippen LogP contribution is 2.35. The maximum atomic E-state index is 5.44. The molecule has 0 saturated carbocycles. The standard InChI is InChI=1S/C14H23NO2/c1-5-8-11(15-6-2)14-12(16-3)9-7-10-13(14)17-4/h7,9-11,15H,5-6,8H2,1-4H3. The molecule has 1 atom stereocenters. The monoisotopic (exact) mass is 237 g/mol. The maximum absolute atomic E-state index is 5.44. The van der Waals surface area contributed by atoms with E-state index in [0.717, 1.165) is 36.4 Å². The molecule has 17 heavy (non-hydrogen) atoms. The number of ether oxygens (including phenoxy) is 2. The van der Waals surface area contributed by atoms with Crippen molar-refractivity contribution in [3.05, 3.63) is 23.8 Å². The number of hydrogen-bond donors (Lipinski definition) is 1. The quantitative estimate of drug-likeness (QED) is 0.790. The number of hydrogen-bond acceptors (Lipinski definition) is 3. The Bertz CT molecular complexity index is 311. The first-order valence-corrected chi connectivity index (χ1v) is 6.22. The van der Waals surface area contributed by atoms with Crippen LogP contribution in [0.2, 0.25) is 0 Å². The van der Waals surface area contributed by atoms with Crippen molar-refractivity contribution in [1.29, 1.82) is 0 Å². The van der Waals surface area contributed by atoms with Gasteiger partial charge in [0.1, 0.15) is 11.5 Å². The van der Waals surface area contributed by atoms with E-state index in [0.29, 0.717) is 0 Å². The van der Waals surface area contributed by atoms with Gasteiger partial charge in [-0.1, -0.05) is 26.3 Å². The van der Waals surface area contributed by atoms with Gasteiger partial charge in [0.25, 0.3) is 0 Å².